The van der Waals surface area contributed by atoms with E-state index in [1.807, 2.05) is 0 Å². The molecule has 0 saturated heterocycles. The predicted octanol–water partition coefficient (Wildman–Crippen LogP) is 2.70. The summed E-state index contributed by atoms with van der Waals surface area (Å²) in [5, 5.41) is 2.95. The molecule has 34 heavy (non-hydrogen) atoms. The standard InChI is InChI=1S/C22H24FN3O6S2/c1-13-16-11-17-19(12-18(16)26(34(4,30)31)10-9-25(13)33(3,28)29)32-21(20(17)22(27)24-2)14-5-7-15(23)8-6-14/h5-8,11-13H,9-10H2,1-4H3,(H,24,27). The van der Waals surface area contributed by atoms with Crippen LogP contribution in [0.1, 0.15) is 28.9 Å². The van der Waals surface area contributed by atoms with Crippen LogP contribution in [0.25, 0.3) is 22.3 Å². The Kier molecular flexibility index (Phi) is 5.95. The van der Waals surface area contributed by atoms with Gasteiger partial charge in [-0.1, -0.05) is 0 Å². The van der Waals surface area contributed by atoms with Gasteiger partial charge in [-0.3, -0.25) is 9.10 Å². The van der Waals surface area contributed by atoms with Gasteiger partial charge in [0.2, 0.25) is 20.0 Å². The number of furan rings is 1. The fourth-order valence-electron chi connectivity index (χ4n) is 4.31. The van der Waals surface area contributed by atoms with Gasteiger partial charge < -0.3 is 9.73 Å². The lowest BCUT2D eigenvalue weighted by atomic mass is 9.99. The van der Waals surface area contributed by atoms with Crippen molar-refractivity contribution in [2.75, 3.05) is 37.0 Å². The Morgan fingerprint density at radius 2 is 1.71 bits per heavy atom. The number of fused-ring (bicyclic) bond motifs is 2. The molecule has 182 valence electrons. The van der Waals surface area contributed by atoms with E-state index in [1.54, 1.807) is 13.0 Å². The molecule has 2 aromatic carbocycles. The fourth-order valence-corrected chi connectivity index (χ4v) is 6.34. The maximum absolute atomic E-state index is 13.5. The van der Waals surface area contributed by atoms with Crippen molar-refractivity contribution < 1.29 is 30.4 Å². The van der Waals surface area contributed by atoms with E-state index >= 15 is 0 Å². The Morgan fingerprint density at radius 1 is 1.06 bits per heavy atom. The summed E-state index contributed by atoms with van der Waals surface area (Å²) in [5.41, 5.74) is 1.57. The minimum Gasteiger partial charge on any atom is -0.455 e. The molecule has 9 nitrogen and oxygen atoms in total. The smallest absolute Gasteiger partial charge is 0.255 e. The Balaban J connectivity index is 2.06. The number of carbonyl (C=O) groups excluding carboxylic acids is 1. The van der Waals surface area contributed by atoms with Gasteiger partial charge in [0.1, 0.15) is 17.2 Å². The normalized spacial score (nSPS) is 17.4. The van der Waals surface area contributed by atoms with Crippen LogP contribution in [0, 0.1) is 5.82 Å². The molecule has 0 bridgehead atoms. The number of halogens is 1. The molecule has 3 aromatic rings. The molecule has 0 saturated carbocycles. The highest BCUT2D eigenvalue weighted by molar-refractivity contribution is 7.92. The van der Waals surface area contributed by atoms with E-state index in [0.717, 1.165) is 16.8 Å². The van der Waals surface area contributed by atoms with Crippen molar-refractivity contribution in [3.63, 3.8) is 0 Å². The zero-order valence-electron chi connectivity index (χ0n) is 19.0. The van der Waals surface area contributed by atoms with Crippen LogP contribution in [0.5, 0.6) is 0 Å². The highest BCUT2D eigenvalue weighted by Crippen LogP contribution is 2.42. The molecule has 4 rings (SSSR count). The summed E-state index contributed by atoms with van der Waals surface area (Å²) in [6, 6.07) is 7.82. The number of anilines is 1. The molecule has 1 N–H and O–H groups in total. The fraction of sp³-hybridized carbons (Fsp3) is 0.318. The third kappa shape index (κ3) is 4.17. The molecule has 2 heterocycles. The topological polar surface area (TPSA) is 117 Å². The molecule has 1 aliphatic rings. The number of nitrogens with zero attached hydrogens (tertiary/aromatic N) is 2. The summed E-state index contributed by atoms with van der Waals surface area (Å²) >= 11 is 0. The second-order valence-electron chi connectivity index (χ2n) is 8.18. The number of amides is 1. The summed E-state index contributed by atoms with van der Waals surface area (Å²) in [6.07, 6.45) is 2.11. The molecule has 1 amide bonds. The van der Waals surface area contributed by atoms with Gasteiger partial charge in [-0.2, -0.15) is 4.31 Å². The van der Waals surface area contributed by atoms with Crippen LogP contribution < -0.4 is 9.62 Å². The summed E-state index contributed by atoms with van der Waals surface area (Å²) in [5.74, 6) is -0.723. The number of nitrogens with one attached hydrogen (secondary N) is 1. The highest BCUT2D eigenvalue weighted by atomic mass is 32.2. The van der Waals surface area contributed by atoms with E-state index in [4.69, 9.17) is 4.42 Å². The molecular weight excluding hydrogens is 485 g/mol. The summed E-state index contributed by atoms with van der Waals surface area (Å²) < 4.78 is 72.0. The molecule has 1 unspecified atom stereocenters. The molecule has 1 aromatic heterocycles. The Labute approximate surface area is 197 Å². The Bertz CT molecular complexity index is 1500. The quantitative estimate of drug-likeness (QED) is 0.578. The van der Waals surface area contributed by atoms with Gasteiger partial charge in [0.15, 0.2) is 0 Å². The van der Waals surface area contributed by atoms with Crippen molar-refractivity contribution in [3.05, 3.63) is 53.3 Å². The lowest BCUT2D eigenvalue weighted by molar-refractivity contribution is 0.0964. The molecule has 1 atom stereocenters. The number of benzene rings is 2. The number of hydrogen-bond acceptors (Lipinski definition) is 6. The lowest BCUT2D eigenvalue weighted by Gasteiger charge is -2.25. The van der Waals surface area contributed by atoms with Crippen molar-refractivity contribution >= 4 is 42.6 Å². The Hall–Kier alpha value is -2.96. The van der Waals surface area contributed by atoms with Crippen LogP contribution in [0.2, 0.25) is 0 Å². The zero-order valence-corrected chi connectivity index (χ0v) is 20.6. The maximum Gasteiger partial charge on any atom is 0.255 e. The minimum atomic E-state index is -3.76. The maximum atomic E-state index is 13.5. The average Bonchev–Trinajstić information content (AvgIpc) is 3.04. The van der Waals surface area contributed by atoms with Crippen LogP contribution in [0.15, 0.2) is 40.8 Å². The Morgan fingerprint density at radius 3 is 2.26 bits per heavy atom. The minimum absolute atomic E-state index is 0.0355. The zero-order chi connectivity index (χ0) is 25.0. The molecule has 0 aliphatic carbocycles. The molecule has 0 spiro atoms. The number of sulfonamides is 2. The number of carbonyl (C=O) groups is 1. The first-order valence-corrected chi connectivity index (χ1v) is 14.1. The van der Waals surface area contributed by atoms with Crippen LogP contribution >= 0.6 is 0 Å². The van der Waals surface area contributed by atoms with Crippen molar-refractivity contribution in [1.82, 2.24) is 9.62 Å². The molecule has 0 fully saturated rings. The van der Waals surface area contributed by atoms with E-state index in [0.29, 0.717) is 16.5 Å². The van der Waals surface area contributed by atoms with Gasteiger partial charge in [-0.15, -0.1) is 0 Å². The summed E-state index contributed by atoms with van der Waals surface area (Å²) in [7, 11) is -5.96. The van der Waals surface area contributed by atoms with Gasteiger partial charge in [-0.05, 0) is 42.8 Å². The van der Waals surface area contributed by atoms with Gasteiger partial charge in [0.25, 0.3) is 5.91 Å². The van der Waals surface area contributed by atoms with Crippen molar-refractivity contribution in [2.45, 2.75) is 13.0 Å². The third-order valence-corrected chi connectivity index (χ3v) is 8.43. The second-order valence-corrected chi connectivity index (χ2v) is 12.0. The molecular formula is C22H24FN3O6S2. The van der Waals surface area contributed by atoms with Crippen molar-refractivity contribution in [1.29, 1.82) is 0 Å². The van der Waals surface area contributed by atoms with Crippen LogP contribution in [-0.2, 0) is 20.0 Å². The number of rotatable bonds is 4. The largest absolute Gasteiger partial charge is 0.455 e. The average molecular weight is 510 g/mol. The van der Waals surface area contributed by atoms with Crippen molar-refractivity contribution in [3.8, 4) is 11.3 Å². The van der Waals surface area contributed by atoms with Crippen LogP contribution in [-0.4, -0.2) is 59.7 Å². The summed E-state index contributed by atoms with van der Waals surface area (Å²) in [4.78, 5) is 12.9. The van der Waals surface area contributed by atoms with Crippen LogP contribution in [0.3, 0.4) is 0 Å². The molecule has 12 heteroatoms. The van der Waals surface area contributed by atoms with E-state index in [-0.39, 0.29) is 35.7 Å². The molecule has 0 radical (unpaired) electrons. The second kappa shape index (κ2) is 8.36. The SMILES string of the molecule is CNC(=O)c1c(-c2ccc(F)cc2)oc2cc3c(cc12)C(C)N(S(C)(=O)=O)CCN3S(C)(=O)=O. The van der Waals surface area contributed by atoms with E-state index in [1.165, 1.54) is 41.7 Å². The third-order valence-electron chi connectivity index (χ3n) is 5.90. The summed E-state index contributed by atoms with van der Waals surface area (Å²) in [6.45, 7) is 1.55. The van der Waals surface area contributed by atoms with Gasteiger partial charge in [-0.25, -0.2) is 21.2 Å². The predicted molar refractivity (Wildman–Crippen MR) is 127 cm³/mol. The highest BCUT2D eigenvalue weighted by Gasteiger charge is 2.35. The van der Waals surface area contributed by atoms with Gasteiger partial charge in [0, 0.05) is 43.2 Å². The first-order chi connectivity index (χ1) is 15.8. The van der Waals surface area contributed by atoms with E-state index < -0.39 is 37.8 Å². The van der Waals surface area contributed by atoms with Crippen molar-refractivity contribution in [2.24, 2.45) is 0 Å². The van der Waals surface area contributed by atoms with E-state index in [2.05, 4.69) is 5.32 Å². The molecule has 1 aliphatic heterocycles. The van der Waals surface area contributed by atoms with Gasteiger partial charge >= 0.3 is 0 Å². The monoisotopic (exact) mass is 509 g/mol. The lowest BCUT2D eigenvalue weighted by Crippen LogP contribution is -2.38. The first kappa shape index (κ1) is 24.2. The van der Waals surface area contributed by atoms with Gasteiger partial charge in [0.05, 0.1) is 23.8 Å². The number of hydrogen-bond donors (Lipinski definition) is 1. The van der Waals surface area contributed by atoms with E-state index in [9.17, 15) is 26.0 Å². The first-order valence-electron chi connectivity index (χ1n) is 10.4. The van der Waals surface area contributed by atoms with Crippen LogP contribution in [0.4, 0.5) is 10.1 Å².